The van der Waals surface area contributed by atoms with Crippen LogP contribution >= 0.6 is 0 Å². The second-order valence-electron chi connectivity index (χ2n) is 5.54. The van der Waals surface area contributed by atoms with Gasteiger partial charge in [0, 0.05) is 6.61 Å². The van der Waals surface area contributed by atoms with Crippen molar-refractivity contribution in [3.63, 3.8) is 0 Å². The van der Waals surface area contributed by atoms with Crippen molar-refractivity contribution in [2.45, 2.75) is 53.6 Å². The van der Waals surface area contributed by atoms with Crippen LogP contribution in [0.1, 0.15) is 47.5 Å². The third kappa shape index (κ3) is 2.98. The van der Waals surface area contributed by atoms with Crippen LogP contribution in [0.15, 0.2) is 0 Å². The van der Waals surface area contributed by atoms with Crippen LogP contribution in [0.4, 0.5) is 0 Å². The van der Waals surface area contributed by atoms with Crippen LogP contribution in [0.25, 0.3) is 0 Å². The molecule has 0 aliphatic carbocycles. The molecule has 0 amide bonds. The molecule has 3 atom stereocenters. The summed E-state index contributed by atoms with van der Waals surface area (Å²) >= 11 is 0. The molecule has 1 heterocycles. The fraction of sp³-hybridized carbons (Fsp3) is 1.00. The van der Waals surface area contributed by atoms with Crippen molar-refractivity contribution < 1.29 is 4.74 Å². The zero-order valence-corrected chi connectivity index (χ0v) is 10.4. The van der Waals surface area contributed by atoms with Crippen LogP contribution in [-0.4, -0.2) is 12.7 Å². The molecule has 1 saturated heterocycles. The molecule has 2 unspecified atom stereocenters. The number of hydrogen-bond acceptors (Lipinski definition) is 1. The van der Waals surface area contributed by atoms with Gasteiger partial charge in [0.2, 0.25) is 0 Å². The number of ether oxygens (including phenoxy) is 1. The highest BCUT2D eigenvalue weighted by atomic mass is 16.5. The normalized spacial score (nSPS) is 31.1. The molecule has 1 aliphatic heterocycles. The van der Waals surface area contributed by atoms with Gasteiger partial charge in [-0.1, -0.05) is 34.6 Å². The first-order valence-electron chi connectivity index (χ1n) is 6.14. The lowest BCUT2D eigenvalue weighted by atomic mass is 9.80. The summed E-state index contributed by atoms with van der Waals surface area (Å²) in [5.74, 6) is 3.15. The first-order chi connectivity index (χ1) is 6.52. The summed E-state index contributed by atoms with van der Waals surface area (Å²) in [5.41, 5.74) is 0. The van der Waals surface area contributed by atoms with Gasteiger partial charge in [-0.05, 0) is 36.5 Å². The summed E-state index contributed by atoms with van der Waals surface area (Å²) < 4.78 is 5.88. The minimum atomic E-state index is 0.510. The lowest BCUT2D eigenvalue weighted by Gasteiger charge is -2.36. The lowest BCUT2D eigenvalue weighted by Crippen LogP contribution is -2.34. The maximum Gasteiger partial charge on any atom is 0.0605 e. The van der Waals surface area contributed by atoms with Gasteiger partial charge in [0.05, 0.1) is 6.10 Å². The van der Waals surface area contributed by atoms with Gasteiger partial charge in [-0.3, -0.25) is 0 Å². The summed E-state index contributed by atoms with van der Waals surface area (Å²) in [6.45, 7) is 12.6. The van der Waals surface area contributed by atoms with Crippen molar-refractivity contribution in [2.75, 3.05) is 6.61 Å². The summed E-state index contributed by atoms with van der Waals surface area (Å²) in [6.07, 6.45) is 3.05. The van der Waals surface area contributed by atoms with Gasteiger partial charge in [-0.25, -0.2) is 0 Å². The third-order valence-electron chi connectivity index (χ3n) is 3.94. The number of hydrogen-bond donors (Lipinski definition) is 0. The molecule has 0 N–H and O–H groups in total. The van der Waals surface area contributed by atoms with E-state index in [0.29, 0.717) is 12.0 Å². The van der Waals surface area contributed by atoms with Gasteiger partial charge in [-0.15, -0.1) is 0 Å². The molecule has 0 radical (unpaired) electrons. The van der Waals surface area contributed by atoms with Crippen LogP contribution in [0, 0.1) is 23.7 Å². The van der Waals surface area contributed by atoms with Gasteiger partial charge < -0.3 is 4.74 Å². The standard InChI is InChI=1S/C13H26O/c1-9(2)11(5)13-8-12(10(3)4)6-7-14-13/h9-13H,6-8H2,1-5H3/t11-,12?,13?/m0/s1. The van der Waals surface area contributed by atoms with Crippen molar-refractivity contribution in [3.05, 3.63) is 0 Å². The van der Waals surface area contributed by atoms with Crippen LogP contribution in [0.5, 0.6) is 0 Å². The largest absolute Gasteiger partial charge is 0.378 e. The Morgan fingerprint density at radius 1 is 1.07 bits per heavy atom. The molecule has 0 aromatic rings. The van der Waals surface area contributed by atoms with E-state index in [1.807, 2.05) is 0 Å². The molecule has 84 valence electrons. The van der Waals surface area contributed by atoms with Gasteiger partial charge in [0.25, 0.3) is 0 Å². The van der Waals surface area contributed by atoms with E-state index < -0.39 is 0 Å². The van der Waals surface area contributed by atoms with Crippen molar-refractivity contribution >= 4 is 0 Å². The molecule has 0 spiro atoms. The molecule has 0 aromatic carbocycles. The van der Waals surface area contributed by atoms with Gasteiger partial charge in [-0.2, -0.15) is 0 Å². The summed E-state index contributed by atoms with van der Waals surface area (Å²) in [5, 5.41) is 0. The molecule has 0 bridgehead atoms. The molecule has 0 saturated carbocycles. The highest BCUT2D eigenvalue weighted by Gasteiger charge is 2.29. The second kappa shape index (κ2) is 5.16. The van der Waals surface area contributed by atoms with Crippen LogP contribution in [0.3, 0.4) is 0 Å². The van der Waals surface area contributed by atoms with Crippen molar-refractivity contribution in [1.29, 1.82) is 0 Å². The van der Waals surface area contributed by atoms with E-state index in [1.165, 1.54) is 12.8 Å². The molecule has 0 aromatic heterocycles. The Balaban J connectivity index is 2.47. The maximum absolute atomic E-state index is 5.88. The zero-order chi connectivity index (χ0) is 10.7. The van der Waals surface area contributed by atoms with Gasteiger partial charge in [0.1, 0.15) is 0 Å². The average molecular weight is 198 g/mol. The summed E-state index contributed by atoms with van der Waals surface area (Å²) in [4.78, 5) is 0. The van der Waals surface area contributed by atoms with Crippen molar-refractivity contribution in [2.24, 2.45) is 23.7 Å². The zero-order valence-electron chi connectivity index (χ0n) is 10.4. The minimum absolute atomic E-state index is 0.510. The average Bonchev–Trinajstić information content (AvgIpc) is 2.16. The smallest absolute Gasteiger partial charge is 0.0605 e. The Morgan fingerprint density at radius 2 is 1.71 bits per heavy atom. The first-order valence-corrected chi connectivity index (χ1v) is 6.14. The molecule has 14 heavy (non-hydrogen) atoms. The van der Waals surface area contributed by atoms with E-state index >= 15 is 0 Å². The maximum atomic E-state index is 5.88. The third-order valence-corrected chi connectivity index (χ3v) is 3.94. The van der Waals surface area contributed by atoms with E-state index in [4.69, 9.17) is 4.74 Å². The van der Waals surface area contributed by atoms with Crippen molar-refractivity contribution in [1.82, 2.24) is 0 Å². The SMILES string of the molecule is CC(C)C1CCOC([C@@H](C)C(C)C)C1. The molecular formula is C13H26O. The topological polar surface area (TPSA) is 9.23 Å². The molecule has 1 nitrogen and oxygen atoms in total. The van der Waals surface area contributed by atoms with E-state index in [-0.39, 0.29) is 0 Å². The number of rotatable bonds is 3. The highest BCUT2D eigenvalue weighted by molar-refractivity contribution is 4.78. The Labute approximate surface area is 89.2 Å². The molecule has 1 rings (SSSR count). The molecule has 1 fully saturated rings. The van der Waals surface area contributed by atoms with E-state index in [0.717, 1.165) is 24.4 Å². The van der Waals surface area contributed by atoms with Crippen LogP contribution < -0.4 is 0 Å². The molecule has 1 heteroatoms. The quantitative estimate of drug-likeness (QED) is 0.671. The van der Waals surface area contributed by atoms with Gasteiger partial charge >= 0.3 is 0 Å². The Bertz CT molecular complexity index is 157. The first kappa shape index (κ1) is 12.0. The Hall–Kier alpha value is -0.0400. The second-order valence-corrected chi connectivity index (χ2v) is 5.54. The molecule has 1 aliphatic rings. The van der Waals surface area contributed by atoms with E-state index in [1.54, 1.807) is 0 Å². The Kier molecular flexibility index (Phi) is 4.43. The predicted octanol–water partition coefficient (Wildman–Crippen LogP) is 3.73. The monoisotopic (exact) mass is 198 g/mol. The van der Waals surface area contributed by atoms with Crippen LogP contribution in [0.2, 0.25) is 0 Å². The Morgan fingerprint density at radius 3 is 2.21 bits per heavy atom. The summed E-state index contributed by atoms with van der Waals surface area (Å²) in [6, 6.07) is 0. The fourth-order valence-electron chi connectivity index (χ4n) is 2.26. The van der Waals surface area contributed by atoms with E-state index in [9.17, 15) is 0 Å². The van der Waals surface area contributed by atoms with E-state index in [2.05, 4.69) is 34.6 Å². The fourth-order valence-corrected chi connectivity index (χ4v) is 2.26. The predicted molar refractivity (Wildman–Crippen MR) is 61.3 cm³/mol. The molecular weight excluding hydrogens is 172 g/mol. The van der Waals surface area contributed by atoms with Crippen LogP contribution in [-0.2, 0) is 4.74 Å². The van der Waals surface area contributed by atoms with Crippen molar-refractivity contribution in [3.8, 4) is 0 Å². The summed E-state index contributed by atoms with van der Waals surface area (Å²) in [7, 11) is 0. The van der Waals surface area contributed by atoms with Gasteiger partial charge in [0.15, 0.2) is 0 Å². The minimum Gasteiger partial charge on any atom is -0.378 e. The lowest BCUT2D eigenvalue weighted by molar-refractivity contribution is -0.0561. The highest BCUT2D eigenvalue weighted by Crippen LogP contribution is 2.32.